The van der Waals surface area contributed by atoms with Crippen molar-refractivity contribution in [2.24, 2.45) is 0 Å². The summed E-state index contributed by atoms with van der Waals surface area (Å²) in [5.74, 6) is 0.825. The van der Waals surface area contributed by atoms with Crippen LogP contribution in [0.3, 0.4) is 0 Å². The third-order valence-electron chi connectivity index (χ3n) is 1.46. The number of hydrogen-bond donors (Lipinski definition) is 1. The van der Waals surface area contributed by atoms with Crippen molar-refractivity contribution in [3.63, 3.8) is 0 Å². The lowest BCUT2D eigenvalue weighted by Crippen LogP contribution is -2.13. The summed E-state index contributed by atoms with van der Waals surface area (Å²) in [6.07, 6.45) is 3.85. The van der Waals surface area contributed by atoms with Gasteiger partial charge in [0, 0.05) is 13.7 Å². The van der Waals surface area contributed by atoms with E-state index in [1.165, 1.54) is 0 Å². The Hall–Kier alpha value is -0.960. The SMILES string of the molecule is C/C=C\C(OCOC)=C(/C)NCC. The number of nitrogens with one attached hydrogen (secondary N) is 1. The van der Waals surface area contributed by atoms with Gasteiger partial charge in [-0.2, -0.15) is 0 Å². The van der Waals surface area contributed by atoms with E-state index in [2.05, 4.69) is 5.32 Å². The van der Waals surface area contributed by atoms with Crippen LogP contribution < -0.4 is 5.32 Å². The Bertz CT molecular complexity index is 185. The third kappa shape index (κ3) is 5.31. The molecule has 0 unspecified atom stereocenters. The fourth-order valence-corrected chi connectivity index (χ4v) is 0.907. The number of ether oxygens (including phenoxy) is 2. The summed E-state index contributed by atoms with van der Waals surface area (Å²) in [6, 6.07) is 0. The van der Waals surface area contributed by atoms with Gasteiger partial charge in [-0.05, 0) is 26.8 Å². The van der Waals surface area contributed by atoms with Crippen LogP contribution in [-0.4, -0.2) is 20.4 Å². The normalized spacial score (nSPS) is 12.9. The molecule has 0 aromatic rings. The highest BCUT2D eigenvalue weighted by Crippen LogP contribution is 2.05. The molecular weight excluding hydrogens is 166 g/mol. The lowest BCUT2D eigenvalue weighted by atomic mass is 10.3. The lowest BCUT2D eigenvalue weighted by molar-refractivity contribution is 0.00854. The molecule has 0 spiro atoms. The van der Waals surface area contributed by atoms with Crippen LogP contribution in [0.25, 0.3) is 0 Å². The van der Waals surface area contributed by atoms with E-state index in [-0.39, 0.29) is 6.79 Å². The molecule has 0 aliphatic carbocycles. The molecule has 76 valence electrons. The monoisotopic (exact) mass is 185 g/mol. The molecule has 0 saturated heterocycles. The van der Waals surface area contributed by atoms with E-state index in [9.17, 15) is 0 Å². The molecule has 0 aliphatic heterocycles. The highest BCUT2D eigenvalue weighted by atomic mass is 16.7. The van der Waals surface area contributed by atoms with Gasteiger partial charge in [0.25, 0.3) is 0 Å². The van der Waals surface area contributed by atoms with Gasteiger partial charge in [0.2, 0.25) is 0 Å². The molecule has 3 nitrogen and oxygen atoms in total. The van der Waals surface area contributed by atoms with Crippen molar-refractivity contribution in [3.8, 4) is 0 Å². The Morgan fingerprint density at radius 1 is 1.46 bits per heavy atom. The maximum atomic E-state index is 5.35. The highest BCUT2D eigenvalue weighted by molar-refractivity contribution is 5.17. The first-order chi connectivity index (χ1) is 6.26. The van der Waals surface area contributed by atoms with Crippen molar-refractivity contribution in [3.05, 3.63) is 23.6 Å². The molecule has 0 amide bonds. The van der Waals surface area contributed by atoms with Crippen LogP contribution in [0.15, 0.2) is 23.6 Å². The summed E-state index contributed by atoms with van der Waals surface area (Å²) in [4.78, 5) is 0. The van der Waals surface area contributed by atoms with Crippen molar-refractivity contribution in [1.29, 1.82) is 0 Å². The van der Waals surface area contributed by atoms with Crippen LogP contribution in [0.4, 0.5) is 0 Å². The van der Waals surface area contributed by atoms with E-state index in [1.807, 2.05) is 32.9 Å². The van der Waals surface area contributed by atoms with Gasteiger partial charge in [-0.25, -0.2) is 0 Å². The number of allylic oxidation sites excluding steroid dienone is 3. The zero-order valence-electron chi connectivity index (χ0n) is 8.89. The number of methoxy groups -OCH3 is 1. The first kappa shape index (κ1) is 12.0. The fourth-order valence-electron chi connectivity index (χ4n) is 0.907. The molecule has 0 aromatic carbocycles. The molecule has 0 radical (unpaired) electrons. The first-order valence-electron chi connectivity index (χ1n) is 4.45. The van der Waals surface area contributed by atoms with E-state index < -0.39 is 0 Å². The average molecular weight is 185 g/mol. The molecule has 13 heavy (non-hydrogen) atoms. The van der Waals surface area contributed by atoms with Crippen LogP contribution in [0, 0.1) is 0 Å². The molecule has 0 heterocycles. The van der Waals surface area contributed by atoms with Crippen molar-refractivity contribution in [2.45, 2.75) is 20.8 Å². The van der Waals surface area contributed by atoms with Crippen LogP contribution in [0.1, 0.15) is 20.8 Å². The second-order valence-electron chi connectivity index (χ2n) is 2.57. The zero-order valence-corrected chi connectivity index (χ0v) is 8.89. The summed E-state index contributed by atoms with van der Waals surface area (Å²) < 4.78 is 10.2. The van der Waals surface area contributed by atoms with E-state index >= 15 is 0 Å². The minimum absolute atomic E-state index is 0.280. The maximum Gasteiger partial charge on any atom is 0.188 e. The fraction of sp³-hybridized carbons (Fsp3) is 0.600. The van der Waals surface area contributed by atoms with Gasteiger partial charge in [-0.15, -0.1) is 0 Å². The predicted molar refractivity (Wildman–Crippen MR) is 54.2 cm³/mol. The minimum atomic E-state index is 0.280. The van der Waals surface area contributed by atoms with E-state index in [1.54, 1.807) is 7.11 Å². The summed E-state index contributed by atoms with van der Waals surface area (Å²) in [7, 11) is 1.61. The van der Waals surface area contributed by atoms with Crippen molar-refractivity contribution in [2.75, 3.05) is 20.4 Å². The molecule has 0 aliphatic rings. The Kier molecular flexibility index (Phi) is 7.11. The van der Waals surface area contributed by atoms with Crippen molar-refractivity contribution >= 4 is 0 Å². The molecule has 0 atom stereocenters. The summed E-state index contributed by atoms with van der Waals surface area (Å²) in [6.45, 7) is 7.16. The van der Waals surface area contributed by atoms with Crippen LogP contribution in [-0.2, 0) is 9.47 Å². The van der Waals surface area contributed by atoms with E-state index in [0.29, 0.717) is 0 Å². The average Bonchev–Trinajstić information content (AvgIpc) is 2.12. The van der Waals surface area contributed by atoms with Gasteiger partial charge < -0.3 is 14.8 Å². The summed E-state index contributed by atoms with van der Waals surface area (Å²) >= 11 is 0. The van der Waals surface area contributed by atoms with Gasteiger partial charge in [-0.1, -0.05) is 6.08 Å². The molecular formula is C10H19NO2. The van der Waals surface area contributed by atoms with Crippen LogP contribution in [0.5, 0.6) is 0 Å². The Balaban J connectivity index is 4.27. The van der Waals surface area contributed by atoms with E-state index in [4.69, 9.17) is 9.47 Å². The van der Waals surface area contributed by atoms with Crippen molar-refractivity contribution in [1.82, 2.24) is 5.32 Å². The van der Waals surface area contributed by atoms with Gasteiger partial charge in [-0.3, -0.25) is 0 Å². The quantitative estimate of drug-likeness (QED) is 0.390. The Morgan fingerprint density at radius 3 is 2.62 bits per heavy atom. The third-order valence-corrected chi connectivity index (χ3v) is 1.46. The van der Waals surface area contributed by atoms with Gasteiger partial charge >= 0.3 is 0 Å². The maximum absolute atomic E-state index is 5.35. The molecule has 3 heteroatoms. The predicted octanol–water partition coefficient (Wildman–Crippen LogP) is 2.02. The summed E-state index contributed by atoms with van der Waals surface area (Å²) in [5.41, 5.74) is 1.03. The Labute approximate surface area is 80.4 Å². The largest absolute Gasteiger partial charge is 0.466 e. The summed E-state index contributed by atoms with van der Waals surface area (Å²) in [5, 5.41) is 3.19. The van der Waals surface area contributed by atoms with E-state index in [0.717, 1.165) is 18.0 Å². The van der Waals surface area contributed by atoms with Gasteiger partial charge in [0.05, 0.1) is 5.70 Å². The molecule has 0 fully saturated rings. The van der Waals surface area contributed by atoms with Crippen molar-refractivity contribution < 1.29 is 9.47 Å². The molecule has 1 N–H and O–H groups in total. The standard InChI is InChI=1S/C10H19NO2/c1-5-7-10(13-8-12-4)9(3)11-6-2/h5,7,11H,6,8H2,1-4H3/b7-5-,10-9-. The topological polar surface area (TPSA) is 30.5 Å². The second kappa shape index (κ2) is 7.68. The van der Waals surface area contributed by atoms with Crippen LogP contribution in [0.2, 0.25) is 0 Å². The van der Waals surface area contributed by atoms with Gasteiger partial charge in [0.1, 0.15) is 5.76 Å². The minimum Gasteiger partial charge on any atom is -0.466 e. The number of rotatable bonds is 6. The number of hydrogen-bond acceptors (Lipinski definition) is 3. The highest BCUT2D eigenvalue weighted by Gasteiger charge is 1.98. The molecule has 0 bridgehead atoms. The Morgan fingerprint density at radius 2 is 2.15 bits per heavy atom. The molecule has 0 saturated carbocycles. The second-order valence-corrected chi connectivity index (χ2v) is 2.57. The van der Waals surface area contributed by atoms with Gasteiger partial charge in [0.15, 0.2) is 6.79 Å². The smallest absolute Gasteiger partial charge is 0.188 e. The zero-order chi connectivity index (χ0) is 10.1. The van der Waals surface area contributed by atoms with Crippen LogP contribution >= 0.6 is 0 Å². The lowest BCUT2D eigenvalue weighted by Gasteiger charge is -2.10. The molecule has 0 rings (SSSR count). The molecule has 0 aromatic heterocycles. The first-order valence-corrected chi connectivity index (χ1v) is 4.45.